The molecule has 8 heteroatoms. The lowest BCUT2D eigenvalue weighted by atomic mass is 9.94. The van der Waals surface area contributed by atoms with Crippen molar-refractivity contribution in [2.45, 2.75) is 56.0 Å². The number of halogens is 1. The molecule has 6 nitrogen and oxygen atoms in total. The van der Waals surface area contributed by atoms with Crippen LogP contribution in [0.2, 0.25) is 0 Å². The van der Waals surface area contributed by atoms with Gasteiger partial charge in [0.05, 0.1) is 4.90 Å². The van der Waals surface area contributed by atoms with Crippen LogP contribution in [0.4, 0.5) is 0 Å². The smallest absolute Gasteiger partial charge is 0.251 e. The summed E-state index contributed by atoms with van der Waals surface area (Å²) in [6, 6.07) is 6.01. The van der Waals surface area contributed by atoms with Gasteiger partial charge in [-0.15, -0.1) is 12.4 Å². The fourth-order valence-electron chi connectivity index (χ4n) is 2.13. The molecule has 0 bridgehead atoms. The number of amides is 1. The molecule has 0 spiro atoms. The van der Waals surface area contributed by atoms with Crippen LogP contribution >= 0.6 is 12.4 Å². The Kier molecular flexibility index (Phi) is 7.22. The minimum atomic E-state index is -3.48. The second-order valence-corrected chi connectivity index (χ2v) is 7.89. The highest BCUT2D eigenvalue weighted by atomic mass is 35.5. The number of hydrogen-bond acceptors (Lipinski definition) is 4. The predicted octanol–water partition coefficient (Wildman–Crippen LogP) is 1.80. The Morgan fingerprint density at radius 2 is 1.75 bits per heavy atom. The van der Waals surface area contributed by atoms with Crippen molar-refractivity contribution in [3.63, 3.8) is 0 Å². The van der Waals surface area contributed by atoms with Gasteiger partial charge in [0.15, 0.2) is 0 Å². The van der Waals surface area contributed by atoms with E-state index in [1.54, 1.807) is 0 Å². The van der Waals surface area contributed by atoms with E-state index >= 15 is 0 Å². The van der Waals surface area contributed by atoms with Gasteiger partial charge in [0.25, 0.3) is 5.91 Å². The van der Waals surface area contributed by atoms with Crippen LogP contribution in [0.5, 0.6) is 0 Å². The van der Waals surface area contributed by atoms with E-state index in [1.165, 1.54) is 24.3 Å². The van der Waals surface area contributed by atoms with Gasteiger partial charge in [0.2, 0.25) is 10.0 Å². The molecule has 2 rings (SSSR count). The first-order valence-electron chi connectivity index (χ1n) is 7.99. The lowest BCUT2D eigenvalue weighted by molar-refractivity contribution is 0.0942. The summed E-state index contributed by atoms with van der Waals surface area (Å²) in [4.78, 5) is 12.3. The molecule has 1 fully saturated rings. The Morgan fingerprint density at radius 1 is 1.21 bits per heavy atom. The maximum Gasteiger partial charge on any atom is 0.251 e. The number of hydrogen-bond donors (Lipinski definition) is 3. The summed E-state index contributed by atoms with van der Waals surface area (Å²) in [5.74, 6) is -0.249. The van der Waals surface area contributed by atoms with E-state index in [2.05, 4.69) is 10.0 Å². The minimum Gasteiger partial charge on any atom is -0.350 e. The zero-order valence-electron chi connectivity index (χ0n) is 14.0. The van der Waals surface area contributed by atoms with Gasteiger partial charge < -0.3 is 11.1 Å². The zero-order chi connectivity index (χ0) is 17.1. The summed E-state index contributed by atoms with van der Waals surface area (Å²) in [5, 5.41) is 2.81. The Bertz CT molecular complexity index is 654. The predicted molar refractivity (Wildman–Crippen MR) is 96.9 cm³/mol. The number of rotatable bonds is 8. The van der Waals surface area contributed by atoms with Gasteiger partial charge in [0.1, 0.15) is 0 Å². The summed E-state index contributed by atoms with van der Waals surface area (Å²) in [7, 11) is -3.48. The van der Waals surface area contributed by atoms with Gasteiger partial charge in [0, 0.05) is 23.7 Å². The molecular weight excluding hydrogens is 350 g/mol. The molecule has 1 aliphatic carbocycles. The average Bonchev–Trinajstić information content (AvgIpc) is 3.35. The molecule has 1 saturated carbocycles. The summed E-state index contributed by atoms with van der Waals surface area (Å²) >= 11 is 0. The number of carbonyl (C=O) groups is 1. The van der Waals surface area contributed by atoms with Crippen LogP contribution in [-0.4, -0.2) is 32.5 Å². The first kappa shape index (κ1) is 20.9. The van der Waals surface area contributed by atoms with E-state index in [1.807, 2.05) is 13.8 Å². The third-order valence-corrected chi connectivity index (χ3v) is 5.87. The van der Waals surface area contributed by atoms with Crippen LogP contribution in [0.15, 0.2) is 29.2 Å². The number of nitrogens with two attached hydrogens (primary N) is 1. The van der Waals surface area contributed by atoms with E-state index in [0.717, 1.165) is 25.7 Å². The molecule has 4 N–H and O–H groups in total. The molecule has 0 heterocycles. The average molecular weight is 376 g/mol. The van der Waals surface area contributed by atoms with Crippen molar-refractivity contribution in [1.82, 2.24) is 10.0 Å². The molecule has 136 valence electrons. The van der Waals surface area contributed by atoms with E-state index in [0.29, 0.717) is 12.1 Å². The maximum atomic E-state index is 12.1. The fraction of sp³-hybridized carbons (Fsp3) is 0.562. The standard InChI is InChI=1S/C16H25N3O3S.ClH/c1-3-16(17,4-2)11-18-15(20)12-5-9-14(10-6-12)23(21,22)19-13-7-8-13;/h5-6,9-10,13,19H,3-4,7-8,11,17H2,1-2H3,(H,18,20);1H. The Morgan fingerprint density at radius 3 is 2.21 bits per heavy atom. The molecule has 24 heavy (non-hydrogen) atoms. The largest absolute Gasteiger partial charge is 0.350 e. The van der Waals surface area contributed by atoms with Crippen molar-refractivity contribution < 1.29 is 13.2 Å². The lowest BCUT2D eigenvalue weighted by Gasteiger charge is -2.26. The van der Waals surface area contributed by atoms with Gasteiger partial charge in [-0.2, -0.15) is 0 Å². The molecule has 1 aromatic rings. The van der Waals surface area contributed by atoms with Crippen molar-refractivity contribution in [3.05, 3.63) is 29.8 Å². The first-order chi connectivity index (χ1) is 10.8. The Labute approximate surface area is 150 Å². The van der Waals surface area contributed by atoms with Crippen molar-refractivity contribution in [2.24, 2.45) is 5.73 Å². The normalized spacial score (nSPS) is 14.8. The second-order valence-electron chi connectivity index (χ2n) is 6.17. The van der Waals surface area contributed by atoms with Crippen molar-refractivity contribution >= 4 is 28.3 Å². The molecule has 0 saturated heterocycles. The molecule has 0 atom stereocenters. The third-order valence-electron chi connectivity index (χ3n) is 4.34. The van der Waals surface area contributed by atoms with Crippen molar-refractivity contribution in [2.75, 3.05) is 6.54 Å². The van der Waals surface area contributed by atoms with Crippen LogP contribution in [0.25, 0.3) is 0 Å². The molecule has 0 aromatic heterocycles. The summed E-state index contributed by atoms with van der Waals surface area (Å²) in [6.45, 7) is 4.37. The van der Waals surface area contributed by atoms with Crippen LogP contribution in [0, 0.1) is 0 Å². The SMILES string of the molecule is CCC(N)(CC)CNC(=O)c1ccc(S(=O)(=O)NC2CC2)cc1.Cl. The highest BCUT2D eigenvalue weighted by molar-refractivity contribution is 7.89. The fourth-order valence-corrected chi connectivity index (χ4v) is 3.44. The summed E-state index contributed by atoms with van der Waals surface area (Å²) < 4.78 is 26.8. The van der Waals surface area contributed by atoms with Crippen LogP contribution in [-0.2, 0) is 10.0 Å². The molecule has 0 radical (unpaired) electrons. The first-order valence-corrected chi connectivity index (χ1v) is 9.47. The molecule has 0 unspecified atom stereocenters. The van der Waals surface area contributed by atoms with E-state index in [4.69, 9.17) is 5.73 Å². The van der Waals surface area contributed by atoms with Crippen LogP contribution < -0.4 is 15.8 Å². The molecule has 1 amide bonds. The van der Waals surface area contributed by atoms with Gasteiger partial charge in [-0.1, -0.05) is 13.8 Å². The van der Waals surface area contributed by atoms with Crippen LogP contribution in [0.3, 0.4) is 0 Å². The second kappa shape index (κ2) is 8.29. The topological polar surface area (TPSA) is 101 Å². The Hall–Kier alpha value is -1.15. The zero-order valence-corrected chi connectivity index (χ0v) is 15.7. The highest BCUT2D eigenvalue weighted by Crippen LogP contribution is 2.22. The quantitative estimate of drug-likeness (QED) is 0.644. The highest BCUT2D eigenvalue weighted by Gasteiger charge is 2.28. The molecular formula is C16H26ClN3O3S. The lowest BCUT2D eigenvalue weighted by Crippen LogP contribution is -2.49. The van der Waals surface area contributed by atoms with E-state index < -0.39 is 15.6 Å². The number of nitrogens with one attached hydrogen (secondary N) is 2. The maximum absolute atomic E-state index is 12.1. The van der Waals surface area contributed by atoms with Gasteiger partial charge in [-0.25, -0.2) is 13.1 Å². The third kappa shape index (κ3) is 5.44. The number of benzene rings is 1. The number of carbonyl (C=O) groups excluding carboxylic acids is 1. The van der Waals surface area contributed by atoms with E-state index in [9.17, 15) is 13.2 Å². The Balaban J connectivity index is 0.00000288. The van der Waals surface area contributed by atoms with E-state index in [-0.39, 0.29) is 29.3 Å². The number of sulfonamides is 1. The van der Waals surface area contributed by atoms with Gasteiger partial charge in [-0.3, -0.25) is 4.79 Å². The summed E-state index contributed by atoms with van der Waals surface area (Å²) in [5.41, 5.74) is 6.17. The van der Waals surface area contributed by atoms with Crippen molar-refractivity contribution in [3.8, 4) is 0 Å². The van der Waals surface area contributed by atoms with Gasteiger partial charge in [-0.05, 0) is 49.9 Å². The molecule has 1 aliphatic rings. The minimum absolute atomic E-state index is 0. The monoisotopic (exact) mass is 375 g/mol. The molecule has 1 aromatic carbocycles. The molecule has 0 aliphatic heterocycles. The summed E-state index contributed by atoms with van der Waals surface area (Å²) in [6.07, 6.45) is 3.31. The van der Waals surface area contributed by atoms with Crippen molar-refractivity contribution in [1.29, 1.82) is 0 Å². The van der Waals surface area contributed by atoms with Gasteiger partial charge >= 0.3 is 0 Å². The van der Waals surface area contributed by atoms with Crippen LogP contribution in [0.1, 0.15) is 49.9 Å².